The van der Waals surface area contributed by atoms with Gasteiger partial charge in [0, 0.05) is 17.4 Å². The molecular formula is C19H14F2N2O6S2. The van der Waals surface area contributed by atoms with Crippen LogP contribution in [0.2, 0.25) is 0 Å². The first kappa shape index (κ1) is 22.2. The number of hydrogen-bond donors (Lipinski definition) is 3. The van der Waals surface area contributed by atoms with E-state index in [1.54, 1.807) is 11.4 Å². The fourth-order valence-electron chi connectivity index (χ4n) is 2.36. The molecule has 2 aromatic carbocycles. The molecule has 0 aliphatic rings. The maximum Gasteiger partial charge on any atom is 0.342 e. The summed E-state index contributed by atoms with van der Waals surface area (Å²) in [7, 11) is -3.88. The molecule has 3 N–H and O–H groups in total. The fraction of sp³-hybridized carbons (Fsp3) is 0.0526. The highest BCUT2D eigenvalue weighted by molar-refractivity contribution is 7.94. The smallest absolute Gasteiger partial charge is 0.342 e. The van der Waals surface area contributed by atoms with Crippen molar-refractivity contribution in [3.05, 3.63) is 71.1 Å². The van der Waals surface area contributed by atoms with Crippen LogP contribution in [0.1, 0.15) is 10.4 Å². The van der Waals surface area contributed by atoms with Crippen LogP contribution in [0.5, 0.6) is 5.75 Å². The van der Waals surface area contributed by atoms with Gasteiger partial charge in [0.2, 0.25) is 0 Å². The van der Waals surface area contributed by atoms with Gasteiger partial charge in [0.1, 0.15) is 15.5 Å². The van der Waals surface area contributed by atoms with Gasteiger partial charge in [-0.15, -0.1) is 11.3 Å². The number of phenolic OH excluding ortho intramolecular Hbond substituents is 1. The summed E-state index contributed by atoms with van der Waals surface area (Å²) in [4.78, 5) is 24.1. The van der Waals surface area contributed by atoms with Crippen LogP contribution in [0.3, 0.4) is 0 Å². The Morgan fingerprint density at radius 2 is 1.77 bits per heavy atom. The summed E-state index contributed by atoms with van der Waals surface area (Å²) in [5.74, 6) is -4.69. The topological polar surface area (TPSA) is 122 Å². The van der Waals surface area contributed by atoms with Gasteiger partial charge < -0.3 is 15.2 Å². The van der Waals surface area contributed by atoms with Crippen LogP contribution in [0.4, 0.5) is 20.2 Å². The van der Waals surface area contributed by atoms with Crippen molar-refractivity contribution in [2.45, 2.75) is 4.21 Å². The second-order valence-corrected chi connectivity index (χ2v) is 8.88. The van der Waals surface area contributed by atoms with E-state index < -0.39 is 45.9 Å². The van der Waals surface area contributed by atoms with Crippen LogP contribution in [0.25, 0.3) is 0 Å². The molecule has 1 aromatic heterocycles. The molecule has 3 rings (SSSR count). The number of esters is 1. The van der Waals surface area contributed by atoms with Crippen molar-refractivity contribution < 1.29 is 36.6 Å². The van der Waals surface area contributed by atoms with Crippen molar-refractivity contribution in [1.82, 2.24) is 0 Å². The number of nitrogens with one attached hydrogen (secondary N) is 2. The summed E-state index contributed by atoms with van der Waals surface area (Å²) in [5, 5.41) is 13.7. The van der Waals surface area contributed by atoms with Crippen molar-refractivity contribution in [2.75, 3.05) is 16.6 Å². The molecule has 0 unspecified atom stereocenters. The summed E-state index contributed by atoms with van der Waals surface area (Å²) in [5.41, 5.74) is -0.441. The second-order valence-electron chi connectivity index (χ2n) is 6.02. The number of rotatable bonds is 7. The molecule has 0 spiro atoms. The molecular weight excluding hydrogens is 454 g/mol. The normalized spacial score (nSPS) is 11.0. The number of benzene rings is 2. The Morgan fingerprint density at radius 1 is 1.03 bits per heavy atom. The molecule has 12 heteroatoms. The lowest BCUT2D eigenvalue weighted by molar-refractivity contribution is -0.119. The van der Waals surface area contributed by atoms with Gasteiger partial charge in [0.15, 0.2) is 18.2 Å². The van der Waals surface area contributed by atoms with Gasteiger partial charge >= 0.3 is 5.97 Å². The summed E-state index contributed by atoms with van der Waals surface area (Å²) in [6, 6.07) is 9.03. The Hall–Kier alpha value is -3.51. The van der Waals surface area contributed by atoms with Crippen LogP contribution >= 0.6 is 11.3 Å². The maximum absolute atomic E-state index is 13.2. The van der Waals surface area contributed by atoms with E-state index in [4.69, 9.17) is 4.74 Å². The Morgan fingerprint density at radius 3 is 2.45 bits per heavy atom. The van der Waals surface area contributed by atoms with Crippen LogP contribution < -0.4 is 10.0 Å². The molecule has 162 valence electrons. The Balaban J connectivity index is 1.65. The van der Waals surface area contributed by atoms with E-state index in [0.717, 1.165) is 41.7 Å². The minimum Gasteiger partial charge on any atom is -0.507 e. The second kappa shape index (κ2) is 9.10. The monoisotopic (exact) mass is 468 g/mol. The van der Waals surface area contributed by atoms with Crippen molar-refractivity contribution in [1.29, 1.82) is 0 Å². The van der Waals surface area contributed by atoms with E-state index in [0.29, 0.717) is 0 Å². The molecule has 3 aromatic rings. The van der Waals surface area contributed by atoms with E-state index in [1.807, 2.05) is 0 Å². The number of carbonyl (C=O) groups excluding carboxylic acids is 2. The molecule has 0 aliphatic heterocycles. The van der Waals surface area contributed by atoms with Crippen LogP contribution in [-0.4, -0.2) is 32.0 Å². The third-order valence-electron chi connectivity index (χ3n) is 3.77. The molecule has 1 amide bonds. The Bertz CT molecular complexity index is 1230. The highest BCUT2D eigenvalue weighted by Gasteiger charge is 2.19. The lowest BCUT2D eigenvalue weighted by Crippen LogP contribution is -2.21. The first-order chi connectivity index (χ1) is 14.7. The SMILES string of the molecule is O=C(COC(=O)c1cc(NS(=O)(=O)c2cccs2)ccc1O)Nc1ccc(F)c(F)c1. The van der Waals surface area contributed by atoms with Gasteiger partial charge in [-0.3, -0.25) is 9.52 Å². The molecule has 31 heavy (non-hydrogen) atoms. The minimum absolute atomic E-state index is 0.00983. The lowest BCUT2D eigenvalue weighted by Gasteiger charge is -2.10. The summed E-state index contributed by atoms with van der Waals surface area (Å²) in [6.07, 6.45) is 0. The van der Waals surface area contributed by atoms with E-state index in [1.165, 1.54) is 12.1 Å². The van der Waals surface area contributed by atoms with Crippen LogP contribution in [-0.2, 0) is 19.6 Å². The summed E-state index contributed by atoms with van der Waals surface area (Å²) in [6.45, 7) is -0.789. The molecule has 0 atom stereocenters. The van der Waals surface area contributed by atoms with Gasteiger partial charge in [-0.25, -0.2) is 22.0 Å². The van der Waals surface area contributed by atoms with Gasteiger partial charge in [0.05, 0.1) is 0 Å². The number of sulfonamides is 1. The third-order valence-corrected chi connectivity index (χ3v) is 6.55. The number of carbonyl (C=O) groups is 2. The average molecular weight is 468 g/mol. The highest BCUT2D eigenvalue weighted by atomic mass is 32.2. The van der Waals surface area contributed by atoms with Crippen molar-refractivity contribution in [3.8, 4) is 5.75 Å². The van der Waals surface area contributed by atoms with Crippen LogP contribution in [0.15, 0.2) is 58.1 Å². The molecule has 0 aliphatic carbocycles. The van der Waals surface area contributed by atoms with Crippen molar-refractivity contribution >= 4 is 44.6 Å². The predicted octanol–water partition coefficient (Wildman–Crippen LogP) is 3.33. The maximum atomic E-state index is 13.2. The molecule has 1 heterocycles. The number of phenols is 1. The molecule has 8 nitrogen and oxygen atoms in total. The highest BCUT2D eigenvalue weighted by Crippen LogP contribution is 2.25. The largest absolute Gasteiger partial charge is 0.507 e. The van der Waals surface area contributed by atoms with Gasteiger partial charge in [-0.1, -0.05) is 6.07 Å². The fourth-order valence-corrected chi connectivity index (χ4v) is 4.41. The number of aromatic hydroxyl groups is 1. The van der Waals surface area contributed by atoms with Gasteiger partial charge in [-0.05, 0) is 41.8 Å². The number of anilines is 2. The average Bonchev–Trinajstić information content (AvgIpc) is 3.26. The molecule has 0 saturated heterocycles. The van der Waals surface area contributed by atoms with E-state index in [9.17, 15) is 31.9 Å². The molecule has 0 saturated carbocycles. The number of amides is 1. The zero-order chi connectivity index (χ0) is 22.6. The predicted molar refractivity (Wildman–Crippen MR) is 109 cm³/mol. The van der Waals surface area contributed by atoms with Crippen molar-refractivity contribution in [3.63, 3.8) is 0 Å². The molecule has 0 fully saturated rings. The summed E-state index contributed by atoms with van der Waals surface area (Å²) >= 11 is 0.996. The Labute approximate surface area is 179 Å². The number of thiophene rings is 1. The number of ether oxygens (including phenoxy) is 1. The first-order valence-corrected chi connectivity index (χ1v) is 10.8. The standard InChI is InChI=1S/C19H14F2N2O6S2/c20-14-5-3-11(9-15(14)21)22-17(25)10-29-19(26)13-8-12(4-6-16(13)24)23-31(27,28)18-2-1-7-30-18/h1-9,23-24H,10H2,(H,22,25). The first-order valence-electron chi connectivity index (χ1n) is 8.47. The van der Waals surface area contributed by atoms with Gasteiger partial charge in [0.25, 0.3) is 15.9 Å². The zero-order valence-electron chi connectivity index (χ0n) is 15.5. The summed E-state index contributed by atoms with van der Waals surface area (Å²) < 4.78 is 57.8. The van der Waals surface area contributed by atoms with E-state index in [-0.39, 0.29) is 21.1 Å². The number of halogens is 2. The molecule has 0 bridgehead atoms. The number of hydrogen-bond acceptors (Lipinski definition) is 7. The molecule has 0 radical (unpaired) electrons. The zero-order valence-corrected chi connectivity index (χ0v) is 17.1. The lowest BCUT2D eigenvalue weighted by atomic mass is 10.2. The quantitative estimate of drug-likeness (QED) is 0.361. The van der Waals surface area contributed by atoms with Gasteiger partial charge in [-0.2, -0.15) is 0 Å². The van der Waals surface area contributed by atoms with E-state index in [2.05, 4.69) is 10.0 Å². The minimum atomic E-state index is -3.88. The van der Waals surface area contributed by atoms with Crippen molar-refractivity contribution in [2.24, 2.45) is 0 Å². The van der Waals surface area contributed by atoms with Crippen LogP contribution in [0, 0.1) is 11.6 Å². The Kier molecular flexibility index (Phi) is 6.51. The van der Waals surface area contributed by atoms with E-state index >= 15 is 0 Å². The third kappa shape index (κ3) is 5.55.